The second-order valence-electron chi connectivity index (χ2n) is 4.89. The summed E-state index contributed by atoms with van der Waals surface area (Å²) in [7, 11) is 0. The molecule has 1 aliphatic rings. The minimum Gasteiger partial charge on any atom is -0.339 e. The molecule has 1 aliphatic heterocycles. The molecule has 100 valence electrons. The number of rotatable bonds is 3. The highest BCUT2D eigenvalue weighted by Crippen LogP contribution is 2.21. The van der Waals surface area contributed by atoms with Gasteiger partial charge in [-0.3, -0.25) is 0 Å². The molecule has 2 heterocycles. The molecule has 5 heteroatoms. The summed E-state index contributed by atoms with van der Waals surface area (Å²) in [4.78, 5) is 4.50. The predicted octanol–water partition coefficient (Wildman–Crippen LogP) is 2.78. The fourth-order valence-corrected chi connectivity index (χ4v) is 2.48. The number of nitrogens with zero attached hydrogens (tertiary/aromatic N) is 2. The van der Waals surface area contributed by atoms with Gasteiger partial charge in [0.1, 0.15) is 0 Å². The Bertz CT molecular complexity index is 532. The summed E-state index contributed by atoms with van der Waals surface area (Å²) in [6.07, 6.45) is 2.96. The van der Waals surface area contributed by atoms with Crippen molar-refractivity contribution in [1.82, 2.24) is 15.5 Å². The smallest absolute Gasteiger partial charge is 0.231 e. The zero-order valence-electron chi connectivity index (χ0n) is 10.6. The Morgan fingerprint density at radius 2 is 2.16 bits per heavy atom. The molecule has 19 heavy (non-hydrogen) atoms. The summed E-state index contributed by atoms with van der Waals surface area (Å²) >= 11 is 5.86. The van der Waals surface area contributed by atoms with Gasteiger partial charge in [0.15, 0.2) is 5.82 Å². The highest BCUT2D eigenvalue weighted by molar-refractivity contribution is 6.30. The average Bonchev–Trinajstić information content (AvgIpc) is 2.91. The summed E-state index contributed by atoms with van der Waals surface area (Å²) < 4.78 is 5.33. The Morgan fingerprint density at radius 1 is 1.32 bits per heavy atom. The zero-order valence-corrected chi connectivity index (χ0v) is 11.4. The third-order valence-electron chi connectivity index (χ3n) is 3.41. The first-order valence-electron chi connectivity index (χ1n) is 6.59. The molecule has 1 unspecified atom stereocenters. The van der Waals surface area contributed by atoms with E-state index in [4.69, 9.17) is 16.1 Å². The fourth-order valence-electron chi connectivity index (χ4n) is 2.35. The van der Waals surface area contributed by atoms with E-state index in [1.54, 1.807) is 0 Å². The Morgan fingerprint density at radius 3 is 2.89 bits per heavy atom. The van der Waals surface area contributed by atoms with Gasteiger partial charge in [0.2, 0.25) is 5.89 Å². The van der Waals surface area contributed by atoms with Crippen molar-refractivity contribution in [3.8, 4) is 0 Å². The molecular formula is C14H16ClN3O. The first-order chi connectivity index (χ1) is 9.31. The number of halogens is 1. The number of nitrogens with one attached hydrogen (secondary N) is 1. The van der Waals surface area contributed by atoms with E-state index in [0.29, 0.717) is 18.2 Å². The molecule has 1 aromatic carbocycles. The van der Waals surface area contributed by atoms with Crippen molar-refractivity contribution in [2.24, 2.45) is 0 Å². The SMILES string of the molecule is Clc1ccc(Cc2nc(C3CCCNC3)no2)cc1. The molecule has 1 N–H and O–H groups in total. The van der Waals surface area contributed by atoms with Crippen LogP contribution in [0.1, 0.15) is 36.0 Å². The van der Waals surface area contributed by atoms with Gasteiger partial charge in [-0.1, -0.05) is 28.9 Å². The highest BCUT2D eigenvalue weighted by Gasteiger charge is 2.20. The van der Waals surface area contributed by atoms with Crippen LogP contribution in [0.5, 0.6) is 0 Å². The van der Waals surface area contributed by atoms with Gasteiger partial charge in [0.05, 0.1) is 6.42 Å². The monoisotopic (exact) mass is 277 g/mol. The highest BCUT2D eigenvalue weighted by atomic mass is 35.5. The molecule has 1 fully saturated rings. The van der Waals surface area contributed by atoms with Crippen molar-refractivity contribution in [3.63, 3.8) is 0 Å². The number of aromatic nitrogens is 2. The molecule has 1 atom stereocenters. The largest absolute Gasteiger partial charge is 0.339 e. The van der Waals surface area contributed by atoms with Crippen LogP contribution in [0.4, 0.5) is 0 Å². The van der Waals surface area contributed by atoms with Gasteiger partial charge in [-0.05, 0) is 37.1 Å². The Kier molecular flexibility index (Phi) is 3.80. The number of hydrogen-bond donors (Lipinski definition) is 1. The molecule has 0 radical (unpaired) electrons. The maximum Gasteiger partial charge on any atom is 0.231 e. The maximum atomic E-state index is 5.86. The Labute approximate surface area is 117 Å². The standard InChI is InChI=1S/C14H16ClN3O/c15-12-5-3-10(4-6-12)8-13-17-14(18-19-13)11-2-1-7-16-9-11/h3-6,11,16H,1-2,7-9H2. The van der Waals surface area contributed by atoms with Gasteiger partial charge in [-0.2, -0.15) is 4.98 Å². The molecule has 0 bridgehead atoms. The summed E-state index contributed by atoms with van der Waals surface area (Å²) in [6.45, 7) is 2.03. The average molecular weight is 278 g/mol. The van der Waals surface area contributed by atoms with Crippen LogP contribution in [0.3, 0.4) is 0 Å². The van der Waals surface area contributed by atoms with Crippen molar-refractivity contribution in [3.05, 3.63) is 46.6 Å². The van der Waals surface area contributed by atoms with Crippen LogP contribution in [0.15, 0.2) is 28.8 Å². The lowest BCUT2D eigenvalue weighted by molar-refractivity contribution is 0.366. The number of hydrogen-bond acceptors (Lipinski definition) is 4. The van der Waals surface area contributed by atoms with E-state index in [-0.39, 0.29) is 0 Å². The lowest BCUT2D eigenvalue weighted by Crippen LogP contribution is -2.28. The van der Waals surface area contributed by atoms with Crippen molar-refractivity contribution in [2.45, 2.75) is 25.2 Å². The number of benzene rings is 1. The van der Waals surface area contributed by atoms with Crippen LogP contribution >= 0.6 is 11.6 Å². The van der Waals surface area contributed by atoms with Crippen molar-refractivity contribution in [2.75, 3.05) is 13.1 Å². The van der Waals surface area contributed by atoms with Crippen LogP contribution in [0, 0.1) is 0 Å². The third kappa shape index (κ3) is 3.14. The topological polar surface area (TPSA) is 51.0 Å². The molecular weight excluding hydrogens is 262 g/mol. The van der Waals surface area contributed by atoms with Gasteiger partial charge in [-0.15, -0.1) is 0 Å². The fraction of sp³-hybridized carbons (Fsp3) is 0.429. The summed E-state index contributed by atoms with van der Waals surface area (Å²) in [5, 5.41) is 8.20. The van der Waals surface area contributed by atoms with E-state index >= 15 is 0 Å². The van der Waals surface area contributed by atoms with Crippen LogP contribution in [0.25, 0.3) is 0 Å². The van der Waals surface area contributed by atoms with Crippen molar-refractivity contribution < 1.29 is 4.52 Å². The molecule has 1 aromatic heterocycles. The van der Waals surface area contributed by atoms with Gasteiger partial charge in [0, 0.05) is 17.5 Å². The Balaban J connectivity index is 1.68. The second-order valence-corrected chi connectivity index (χ2v) is 5.33. The first kappa shape index (κ1) is 12.6. The first-order valence-corrected chi connectivity index (χ1v) is 6.97. The molecule has 2 aromatic rings. The van der Waals surface area contributed by atoms with E-state index in [1.165, 1.54) is 6.42 Å². The molecule has 0 spiro atoms. The maximum absolute atomic E-state index is 5.86. The molecule has 0 aliphatic carbocycles. The van der Waals surface area contributed by atoms with Crippen molar-refractivity contribution >= 4 is 11.6 Å². The molecule has 3 rings (SSSR count). The molecule has 4 nitrogen and oxygen atoms in total. The van der Waals surface area contributed by atoms with Crippen LogP contribution in [-0.4, -0.2) is 23.2 Å². The number of piperidine rings is 1. The van der Waals surface area contributed by atoms with Gasteiger partial charge in [0.25, 0.3) is 0 Å². The van der Waals surface area contributed by atoms with E-state index < -0.39 is 0 Å². The van der Waals surface area contributed by atoms with Gasteiger partial charge in [-0.25, -0.2) is 0 Å². The van der Waals surface area contributed by atoms with Gasteiger partial charge >= 0.3 is 0 Å². The second kappa shape index (κ2) is 5.72. The normalized spacial score (nSPS) is 19.5. The lowest BCUT2D eigenvalue weighted by atomic mass is 9.99. The van der Waals surface area contributed by atoms with Crippen LogP contribution in [-0.2, 0) is 6.42 Å². The third-order valence-corrected chi connectivity index (χ3v) is 3.67. The lowest BCUT2D eigenvalue weighted by Gasteiger charge is -2.19. The minimum atomic E-state index is 0.386. The van der Waals surface area contributed by atoms with E-state index in [0.717, 1.165) is 35.9 Å². The zero-order chi connectivity index (χ0) is 13.1. The van der Waals surface area contributed by atoms with Crippen molar-refractivity contribution in [1.29, 1.82) is 0 Å². The summed E-state index contributed by atoms with van der Waals surface area (Å²) in [6, 6.07) is 7.71. The molecule has 1 saturated heterocycles. The summed E-state index contributed by atoms with van der Waals surface area (Å²) in [5.74, 6) is 1.88. The molecule has 0 saturated carbocycles. The van der Waals surface area contributed by atoms with E-state index in [2.05, 4.69) is 15.5 Å². The predicted molar refractivity (Wildman–Crippen MR) is 73.4 cm³/mol. The van der Waals surface area contributed by atoms with E-state index in [9.17, 15) is 0 Å². The van der Waals surface area contributed by atoms with Crippen LogP contribution < -0.4 is 5.32 Å². The van der Waals surface area contributed by atoms with Gasteiger partial charge < -0.3 is 9.84 Å². The van der Waals surface area contributed by atoms with E-state index in [1.807, 2.05) is 24.3 Å². The van der Waals surface area contributed by atoms with Crippen LogP contribution in [0.2, 0.25) is 5.02 Å². The molecule has 0 amide bonds. The minimum absolute atomic E-state index is 0.386. The quantitative estimate of drug-likeness (QED) is 0.937. The summed E-state index contributed by atoms with van der Waals surface area (Å²) in [5.41, 5.74) is 1.13. The Hall–Kier alpha value is -1.39.